The summed E-state index contributed by atoms with van der Waals surface area (Å²) in [5, 5.41) is 12.8. The highest BCUT2D eigenvalue weighted by Gasteiger charge is 2.26. The second-order valence-corrected chi connectivity index (χ2v) is 7.02. The van der Waals surface area contributed by atoms with Gasteiger partial charge in [0.15, 0.2) is 0 Å². The van der Waals surface area contributed by atoms with Crippen molar-refractivity contribution in [2.24, 2.45) is 0 Å². The Morgan fingerprint density at radius 2 is 1.70 bits per heavy atom. The maximum absolute atomic E-state index is 14.6. The van der Waals surface area contributed by atoms with Crippen molar-refractivity contribution in [1.82, 2.24) is 4.90 Å². The van der Waals surface area contributed by atoms with Crippen LogP contribution in [0.3, 0.4) is 0 Å². The van der Waals surface area contributed by atoms with Crippen molar-refractivity contribution >= 4 is 17.5 Å². The maximum atomic E-state index is 14.6. The van der Waals surface area contributed by atoms with E-state index in [4.69, 9.17) is 0 Å². The topological polar surface area (TPSA) is 69.6 Å². The molecule has 0 fully saturated rings. The molecule has 0 radical (unpaired) electrons. The molecule has 0 spiro atoms. The normalized spacial score (nSPS) is 11.6. The molecule has 2 N–H and O–H groups in total. The summed E-state index contributed by atoms with van der Waals surface area (Å²) < 4.78 is 14.6. The van der Waals surface area contributed by atoms with E-state index in [0.29, 0.717) is 11.3 Å². The molecule has 30 heavy (non-hydrogen) atoms. The van der Waals surface area contributed by atoms with Gasteiger partial charge in [-0.3, -0.25) is 9.59 Å². The van der Waals surface area contributed by atoms with Gasteiger partial charge in [0.1, 0.15) is 11.6 Å². The van der Waals surface area contributed by atoms with Crippen LogP contribution in [-0.2, 0) is 11.3 Å². The highest BCUT2D eigenvalue weighted by atomic mass is 19.1. The number of para-hydroxylation sites is 1. The van der Waals surface area contributed by atoms with Crippen LogP contribution in [0.5, 0.6) is 5.75 Å². The number of nitrogens with one attached hydrogen (secondary N) is 1. The van der Waals surface area contributed by atoms with Gasteiger partial charge in [0, 0.05) is 18.2 Å². The number of rotatable bonds is 6. The van der Waals surface area contributed by atoms with Crippen molar-refractivity contribution in [3.05, 3.63) is 95.3 Å². The third-order valence-electron chi connectivity index (χ3n) is 4.86. The van der Waals surface area contributed by atoms with Gasteiger partial charge in [0.05, 0.1) is 18.2 Å². The lowest BCUT2D eigenvalue weighted by Crippen LogP contribution is -2.34. The zero-order chi connectivity index (χ0) is 21.7. The van der Waals surface area contributed by atoms with Crippen LogP contribution in [-0.4, -0.2) is 21.8 Å². The largest absolute Gasteiger partial charge is 0.508 e. The summed E-state index contributed by atoms with van der Waals surface area (Å²) in [5.74, 6) is -1.48. The number of hydrogen-bond acceptors (Lipinski definition) is 3. The van der Waals surface area contributed by atoms with E-state index < -0.39 is 11.7 Å². The third-order valence-corrected chi connectivity index (χ3v) is 4.86. The molecule has 1 atom stereocenters. The summed E-state index contributed by atoms with van der Waals surface area (Å²) in [6, 6.07) is 19.6. The number of anilines is 1. The van der Waals surface area contributed by atoms with Gasteiger partial charge in [-0.1, -0.05) is 48.5 Å². The van der Waals surface area contributed by atoms with E-state index in [0.717, 1.165) is 11.6 Å². The van der Waals surface area contributed by atoms with Gasteiger partial charge in [0.25, 0.3) is 5.91 Å². The highest BCUT2D eigenvalue weighted by molar-refractivity contribution is 5.97. The van der Waals surface area contributed by atoms with E-state index in [9.17, 15) is 19.1 Å². The standard InChI is InChI=1S/C24H23FN2O3/c1-16(18-8-4-3-5-9-18)27(15-19-10-6-7-11-23(19)29)24(30)21-14-20(26-17(2)28)12-13-22(21)25/h3-14,16,29H,15H2,1-2H3,(H,26,28). The smallest absolute Gasteiger partial charge is 0.257 e. The van der Waals surface area contributed by atoms with E-state index in [2.05, 4.69) is 5.32 Å². The highest BCUT2D eigenvalue weighted by Crippen LogP contribution is 2.28. The molecule has 0 saturated heterocycles. The summed E-state index contributed by atoms with van der Waals surface area (Å²) in [6.45, 7) is 3.28. The molecule has 0 aliphatic heterocycles. The molecule has 0 saturated carbocycles. The number of carbonyl (C=O) groups excluding carboxylic acids is 2. The summed E-state index contributed by atoms with van der Waals surface area (Å²) >= 11 is 0. The molecule has 2 amide bonds. The molecule has 3 aromatic carbocycles. The Morgan fingerprint density at radius 1 is 1.03 bits per heavy atom. The number of carbonyl (C=O) groups is 2. The average Bonchev–Trinajstić information content (AvgIpc) is 2.74. The van der Waals surface area contributed by atoms with Gasteiger partial charge in [-0.25, -0.2) is 4.39 Å². The first-order chi connectivity index (χ1) is 14.4. The Morgan fingerprint density at radius 3 is 2.37 bits per heavy atom. The van der Waals surface area contributed by atoms with Crippen molar-refractivity contribution in [2.75, 3.05) is 5.32 Å². The fourth-order valence-corrected chi connectivity index (χ4v) is 3.25. The zero-order valence-electron chi connectivity index (χ0n) is 16.8. The Hall–Kier alpha value is -3.67. The Bertz CT molecular complexity index is 1050. The lowest BCUT2D eigenvalue weighted by molar-refractivity contribution is -0.114. The van der Waals surface area contributed by atoms with E-state index in [1.807, 2.05) is 37.3 Å². The number of nitrogens with zero attached hydrogens (tertiary/aromatic N) is 1. The number of phenolic OH excluding ortho intramolecular Hbond substituents is 1. The van der Waals surface area contributed by atoms with E-state index >= 15 is 0 Å². The molecular weight excluding hydrogens is 383 g/mol. The van der Waals surface area contributed by atoms with E-state index in [1.165, 1.54) is 24.0 Å². The lowest BCUT2D eigenvalue weighted by atomic mass is 10.0. The average molecular weight is 406 g/mol. The number of halogens is 1. The van der Waals surface area contributed by atoms with Crippen molar-refractivity contribution in [3.63, 3.8) is 0 Å². The minimum Gasteiger partial charge on any atom is -0.508 e. The Labute approximate surface area is 174 Å². The first-order valence-corrected chi connectivity index (χ1v) is 9.56. The van der Waals surface area contributed by atoms with Crippen molar-refractivity contribution in [1.29, 1.82) is 0 Å². The van der Waals surface area contributed by atoms with Gasteiger partial charge in [-0.05, 0) is 36.8 Å². The molecule has 3 aromatic rings. The Balaban J connectivity index is 2.02. The molecule has 6 heteroatoms. The lowest BCUT2D eigenvalue weighted by Gasteiger charge is -2.30. The number of benzene rings is 3. The first kappa shape index (κ1) is 21.0. The van der Waals surface area contributed by atoms with Gasteiger partial charge in [0.2, 0.25) is 5.91 Å². The minimum absolute atomic E-state index is 0.0584. The molecule has 0 bridgehead atoms. The molecule has 0 aliphatic carbocycles. The number of hydrogen-bond donors (Lipinski definition) is 2. The third kappa shape index (κ3) is 4.84. The number of aromatic hydroxyl groups is 1. The van der Waals surface area contributed by atoms with Crippen LogP contribution in [0.1, 0.15) is 41.4 Å². The second-order valence-electron chi connectivity index (χ2n) is 7.02. The predicted octanol–water partition coefficient (Wildman–Crippen LogP) is 4.89. The number of amides is 2. The SMILES string of the molecule is CC(=O)Nc1ccc(F)c(C(=O)N(Cc2ccccc2O)C(C)c2ccccc2)c1. The molecular formula is C24H23FN2O3. The van der Waals surface area contributed by atoms with Gasteiger partial charge in [-0.15, -0.1) is 0 Å². The maximum Gasteiger partial charge on any atom is 0.257 e. The van der Waals surface area contributed by atoms with Crippen LogP contribution < -0.4 is 5.32 Å². The molecule has 5 nitrogen and oxygen atoms in total. The van der Waals surface area contributed by atoms with E-state index in [1.54, 1.807) is 24.3 Å². The number of phenols is 1. The van der Waals surface area contributed by atoms with Crippen LogP contribution in [0.15, 0.2) is 72.8 Å². The second kappa shape index (κ2) is 9.22. The molecule has 154 valence electrons. The van der Waals surface area contributed by atoms with Gasteiger partial charge < -0.3 is 15.3 Å². The zero-order valence-corrected chi connectivity index (χ0v) is 16.8. The minimum atomic E-state index is -0.684. The monoisotopic (exact) mass is 406 g/mol. The van der Waals surface area contributed by atoms with Crippen LogP contribution in [0.25, 0.3) is 0 Å². The van der Waals surface area contributed by atoms with Crippen molar-refractivity contribution < 1.29 is 19.1 Å². The van der Waals surface area contributed by atoms with Crippen molar-refractivity contribution in [3.8, 4) is 5.75 Å². The summed E-state index contributed by atoms with van der Waals surface area (Å²) in [5.41, 5.74) is 1.60. The van der Waals surface area contributed by atoms with Crippen LogP contribution in [0.2, 0.25) is 0 Å². The fourth-order valence-electron chi connectivity index (χ4n) is 3.25. The Kier molecular flexibility index (Phi) is 6.47. The fraction of sp³-hybridized carbons (Fsp3) is 0.167. The molecule has 0 aromatic heterocycles. The summed E-state index contributed by atoms with van der Waals surface area (Å²) in [4.78, 5) is 26.3. The first-order valence-electron chi connectivity index (χ1n) is 9.56. The molecule has 0 heterocycles. The van der Waals surface area contributed by atoms with Crippen LogP contribution in [0, 0.1) is 5.82 Å². The molecule has 0 aliphatic rings. The summed E-state index contributed by atoms with van der Waals surface area (Å²) in [6.07, 6.45) is 0. The molecule has 3 rings (SSSR count). The molecule has 1 unspecified atom stereocenters. The predicted molar refractivity (Wildman–Crippen MR) is 114 cm³/mol. The van der Waals surface area contributed by atoms with Crippen molar-refractivity contribution in [2.45, 2.75) is 26.4 Å². The van der Waals surface area contributed by atoms with Crippen LogP contribution >= 0.6 is 0 Å². The quantitative estimate of drug-likeness (QED) is 0.612. The van der Waals surface area contributed by atoms with Crippen LogP contribution in [0.4, 0.5) is 10.1 Å². The van der Waals surface area contributed by atoms with Gasteiger partial charge >= 0.3 is 0 Å². The van der Waals surface area contributed by atoms with Gasteiger partial charge in [-0.2, -0.15) is 0 Å². The van der Waals surface area contributed by atoms with E-state index in [-0.39, 0.29) is 29.8 Å². The summed E-state index contributed by atoms with van der Waals surface area (Å²) in [7, 11) is 0.